The highest BCUT2D eigenvalue weighted by Gasteiger charge is 2.35. The SMILES string of the molecule is COc1ccc2c(c1)OC(C)(C)C[C@@H]2NC(=O)/C(=C/c1ccco1)NC(=O)c1ccc(C)cc1. The molecule has 1 aliphatic rings. The number of furan rings is 1. The summed E-state index contributed by atoms with van der Waals surface area (Å²) in [6.45, 7) is 5.88. The van der Waals surface area contributed by atoms with Gasteiger partial charge in [-0.1, -0.05) is 17.7 Å². The van der Waals surface area contributed by atoms with Crippen molar-refractivity contribution in [1.29, 1.82) is 0 Å². The zero-order chi connectivity index (χ0) is 24.3. The summed E-state index contributed by atoms with van der Waals surface area (Å²) in [5.74, 6) is 0.963. The molecule has 0 saturated carbocycles. The molecular weight excluding hydrogens is 432 g/mol. The Morgan fingerprint density at radius 2 is 1.88 bits per heavy atom. The van der Waals surface area contributed by atoms with Gasteiger partial charge < -0.3 is 24.5 Å². The average Bonchev–Trinajstić information content (AvgIpc) is 3.31. The van der Waals surface area contributed by atoms with Gasteiger partial charge in [0.05, 0.1) is 19.4 Å². The van der Waals surface area contributed by atoms with Crippen molar-refractivity contribution >= 4 is 17.9 Å². The van der Waals surface area contributed by atoms with Gasteiger partial charge in [0.1, 0.15) is 28.6 Å². The van der Waals surface area contributed by atoms with Crippen LogP contribution in [0.5, 0.6) is 11.5 Å². The molecule has 7 heteroatoms. The molecule has 3 aromatic rings. The van der Waals surface area contributed by atoms with E-state index in [2.05, 4.69) is 10.6 Å². The smallest absolute Gasteiger partial charge is 0.268 e. The van der Waals surface area contributed by atoms with E-state index in [9.17, 15) is 9.59 Å². The minimum Gasteiger partial charge on any atom is -0.497 e. The summed E-state index contributed by atoms with van der Waals surface area (Å²) in [4.78, 5) is 26.3. The average molecular weight is 461 g/mol. The summed E-state index contributed by atoms with van der Waals surface area (Å²) in [7, 11) is 1.59. The number of benzene rings is 2. The molecule has 0 fully saturated rings. The minimum atomic E-state index is -0.507. The third kappa shape index (κ3) is 5.31. The molecule has 7 nitrogen and oxygen atoms in total. The Morgan fingerprint density at radius 1 is 1.12 bits per heavy atom. The van der Waals surface area contributed by atoms with Crippen molar-refractivity contribution in [3.63, 3.8) is 0 Å². The maximum Gasteiger partial charge on any atom is 0.268 e. The molecule has 1 aliphatic heterocycles. The highest BCUT2D eigenvalue weighted by Crippen LogP contribution is 2.41. The van der Waals surface area contributed by atoms with E-state index in [4.69, 9.17) is 13.9 Å². The third-order valence-electron chi connectivity index (χ3n) is 5.62. The third-order valence-corrected chi connectivity index (χ3v) is 5.62. The zero-order valence-electron chi connectivity index (χ0n) is 19.7. The lowest BCUT2D eigenvalue weighted by Crippen LogP contribution is -2.43. The van der Waals surface area contributed by atoms with Gasteiger partial charge in [-0.2, -0.15) is 0 Å². The molecule has 4 rings (SSSR count). The van der Waals surface area contributed by atoms with E-state index in [1.54, 1.807) is 31.4 Å². The van der Waals surface area contributed by atoms with E-state index in [-0.39, 0.29) is 17.6 Å². The number of methoxy groups -OCH3 is 1. The van der Waals surface area contributed by atoms with Crippen LogP contribution in [0.1, 0.15) is 53.6 Å². The van der Waals surface area contributed by atoms with Gasteiger partial charge in [0.2, 0.25) is 0 Å². The molecule has 2 amide bonds. The van der Waals surface area contributed by atoms with E-state index < -0.39 is 11.5 Å². The van der Waals surface area contributed by atoms with Crippen molar-refractivity contribution in [2.24, 2.45) is 0 Å². The molecule has 0 aliphatic carbocycles. The summed E-state index contributed by atoms with van der Waals surface area (Å²) < 4.78 is 16.8. The Kier molecular flexibility index (Phi) is 6.45. The molecule has 0 unspecified atom stereocenters. The molecule has 0 bridgehead atoms. The van der Waals surface area contributed by atoms with Crippen LogP contribution < -0.4 is 20.1 Å². The Morgan fingerprint density at radius 3 is 2.56 bits per heavy atom. The van der Waals surface area contributed by atoms with Crippen LogP contribution in [0.2, 0.25) is 0 Å². The number of amides is 2. The van der Waals surface area contributed by atoms with Gasteiger partial charge >= 0.3 is 0 Å². The fraction of sp³-hybridized carbons (Fsp3) is 0.259. The van der Waals surface area contributed by atoms with Gasteiger partial charge in [0.25, 0.3) is 11.8 Å². The second kappa shape index (κ2) is 9.47. The normalized spacial score (nSPS) is 16.7. The first-order valence-electron chi connectivity index (χ1n) is 11.0. The lowest BCUT2D eigenvalue weighted by Gasteiger charge is -2.38. The number of nitrogens with one attached hydrogen (secondary N) is 2. The Balaban J connectivity index is 1.61. The molecule has 2 heterocycles. The van der Waals surface area contributed by atoms with Crippen LogP contribution in [0.3, 0.4) is 0 Å². The Hall–Kier alpha value is -4.00. The second-order valence-electron chi connectivity index (χ2n) is 8.89. The number of aryl methyl sites for hydroxylation is 1. The maximum absolute atomic E-state index is 13.4. The van der Waals surface area contributed by atoms with Crippen LogP contribution >= 0.6 is 0 Å². The Bertz CT molecular complexity index is 1210. The lowest BCUT2D eigenvalue weighted by molar-refractivity contribution is -0.119. The molecule has 0 radical (unpaired) electrons. The van der Waals surface area contributed by atoms with Gasteiger partial charge in [0, 0.05) is 29.7 Å². The number of hydrogen-bond acceptors (Lipinski definition) is 5. The van der Waals surface area contributed by atoms with Crippen molar-refractivity contribution in [2.45, 2.75) is 38.8 Å². The molecule has 34 heavy (non-hydrogen) atoms. The molecule has 2 N–H and O–H groups in total. The van der Waals surface area contributed by atoms with Crippen molar-refractivity contribution in [3.8, 4) is 11.5 Å². The molecule has 0 spiro atoms. The topological polar surface area (TPSA) is 89.8 Å². The summed E-state index contributed by atoms with van der Waals surface area (Å²) >= 11 is 0. The predicted octanol–water partition coefficient (Wildman–Crippen LogP) is 4.79. The summed E-state index contributed by atoms with van der Waals surface area (Å²) in [5, 5.41) is 5.80. The quantitative estimate of drug-likeness (QED) is 0.517. The first kappa shape index (κ1) is 23.2. The van der Waals surface area contributed by atoms with E-state index in [0.717, 1.165) is 11.1 Å². The summed E-state index contributed by atoms with van der Waals surface area (Å²) in [5.41, 5.74) is 1.91. The number of carbonyl (C=O) groups excluding carboxylic acids is 2. The number of carbonyl (C=O) groups is 2. The first-order chi connectivity index (χ1) is 16.2. The Labute approximate surface area is 198 Å². The van der Waals surface area contributed by atoms with Gasteiger partial charge in [-0.25, -0.2) is 0 Å². The van der Waals surface area contributed by atoms with E-state index in [1.165, 1.54) is 12.3 Å². The lowest BCUT2D eigenvalue weighted by atomic mass is 9.89. The largest absolute Gasteiger partial charge is 0.497 e. The van der Waals surface area contributed by atoms with Crippen LogP contribution in [0.4, 0.5) is 0 Å². The van der Waals surface area contributed by atoms with Crippen molar-refractivity contribution < 1.29 is 23.5 Å². The number of rotatable bonds is 6. The number of hydrogen-bond donors (Lipinski definition) is 2. The van der Waals surface area contributed by atoms with E-state index >= 15 is 0 Å². The molecule has 1 aromatic heterocycles. The van der Waals surface area contributed by atoms with Crippen molar-refractivity contribution in [3.05, 3.63) is 89.0 Å². The van der Waals surface area contributed by atoms with Crippen LogP contribution in [0.15, 0.2) is 71.0 Å². The fourth-order valence-electron chi connectivity index (χ4n) is 3.90. The summed E-state index contributed by atoms with van der Waals surface area (Å²) in [6.07, 6.45) is 3.58. The fourth-order valence-corrected chi connectivity index (χ4v) is 3.90. The van der Waals surface area contributed by atoms with Crippen molar-refractivity contribution in [1.82, 2.24) is 10.6 Å². The summed E-state index contributed by atoms with van der Waals surface area (Å²) in [6, 6.07) is 15.8. The molecule has 1 atom stereocenters. The second-order valence-corrected chi connectivity index (χ2v) is 8.89. The minimum absolute atomic E-state index is 0.0832. The first-order valence-corrected chi connectivity index (χ1v) is 11.0. The standard InChI is InChI=1S/C27H28N2O5/c1-17-7-9-18(10-8-17)25(30)28-22(14-20-6-5-13-33-20)26(31)29-23-16-27(2,3)34-24-15-19(32-4)11-12-21(23)24/h5-15,23H,16H2,1-4H3,(H,28,30)(H,29,31)/b22-14-/t23-/m0/s1. The molecule has 2 aromatic carbocycles. The zero-order valence-corrected chi connectivity index (χ0v) is 19.7. The predicted molar refractivity (Wildman–Crippen MR) is 129 cm³/mol. The van der Waals surface area contributed by atoms with Crippen LogP contribution in [0, 0.1) is 6.92 Å². The highest BCUT2D eigenvalue weighted by atomic mass is 16.5. The van der Waals surface area contributed by atoms with E-state index in [1.807, 2.05) is 51.1 Å². The highest BCUT2D eigenvalue weighted by molar-refractivity contribution is 6.05. The monoisotopic (exact) mass is 460 g/mol. The number of fused-ring (bicyclic) bond motifs is 1. The van der Waals surface area contributed by atoms with Crippen LogP contribution in [-0.2, 0) is 4.79 Å². The molecular formula is C27H28N2O5. The molecule has 176 valence electrons. The maximum atomic E-state index is 13.4. The van der Waals surface area contributed by atoms with Crippen LogP contribution in [0.25, 0.3) is 6.08 Å². The van der Waals surface area contributed by atoms with Crippen molar-refractivity contribution in [2.75, 3.05) is 7.11 Å². The van der Waals surface area contributed by atoms with E-state index in [0.29, 0.717) is 29.2 Å². The number of ether oxygens (including phenoxy) is 2. The molecule has 0 saturated heterocycles. The van der Waals surface area contributed by atoms with Gasteiger partial charge in [-0.15, -0.1) is 0 Å². The van der Waals surface area contributed by atoms with Crippen LogP contribution in [-0.4, -0.2) is 24.5 Å². The van der Waals surface area contributed by atoms with Gasteiger partial charge in [0.15, 0.2) is 0 Å². The van der Waals surface area contributed by atoms with Gasteiger partial charge in [-0.3, -0.25) is 9.59 Å². The van der Waals surface area contributed by atoms with Gasteiger partial charge in [-0.05, 0) is 57.2 Å².